The molecule has 6 rings (SSSR count). The molecule has 3 aliphatic rings. The monoisotopic (exact) mass is 584 g/mol. The Morgan fingerprint density at radius 3 is 2.28 bits per heavy atom. The van der Waals surface area contributed by atoms with Crippen molar-refractivity contribution in [3.63, 3.8) is 0 Å². The Balaban J connectivity index is 1.17. The summed E-state index contributed by atoms with van der Waals surface area (Å²) in [6, 6.07) is 12.5. The number of amides is 1. The normalized spacial score (nSPS) is 24.0. The van der Waals surface area contributed by atoms with Crippen LogP contribution in [0.5, 0.6) is 0 Å². The summed E-state index contributed by atoms with van der Waals surface area (Å²) >= 11 is 0. The fourth-order valence-electron chi connectivity index (χ4n) is 7.01. The molecule has 3 saturated carbocycles. The minimum Gasteiger partial charge on any atom is -0.481 e. The average molecular weight is 585 g/mol. The van der Waals surface area contributed by atoms with Crippen molar-refractivity contribution in [1.29, 1.82) is 0 Å². The lowest BCUT2D eigenvalue weighted by Crippen LogP contribution is -2.41. The van der Waals surface area contributed by atoms with Gasteiger partial charge in [0.25, 0.3) is 0 Å². The topological polar surface area (TPSA) is 99.8 Å². The van der Waals surface area contributed by atoms with Gasteiger partial charge < -0.3 is 19.3 Å². The van der Waals surface area contributed by atoms with Crippen molar-refractivity contribution in [2.45, 2.75) is 82.5 Å². The fourth-order valence-corrected chi connectivity index (χ4v) is 7.01. The van der Waals surface area contributed by atoms with Crippen LogP contribution in [-0.4, -0.2) is 47.6 Å². The Hall–Kier alpha value is -3.68. The van der Waals surface area contributed by atoms with Crippen LogP contribution in [0.1, 0.15) is 93.9 Å². The smallest absolute Gasteiger partial charge is 0.303 e. The number of oxazole rings is 1. The largest absolute Gasteiger partial charge is 0.481 e. The van der Waals surface area contributed by atoms with Crippen LogP contribution in [0, 0.1) is 17.8 Å². The van der Waals surface area contributed by atoms with Crippen molar-refractivity contribution in [2.24, 2.45) is 17.8 Å². The number of benzene rings is 1. The van der Waals surface area contributed by atoms with Gasteiger partial charge in [0.1, 0.15) is 17.8 Å². The molecule has 0 bridgehead atoms. The predicted molar refractivity (Wildman–Crippen MR) is 167 cm³/mol. The number of anilines is 2. The summed E-state index contributed by atoms with van der Waals surface area (Å²) in [6.45, 7) is 0.702. The van der Waals surface area contributed by atoms with E-state index in [9.17, 15) is 14.7 Å². The first-order chi connectivity index (χ1) is 20.8. The second-order valence-electron chi connectivity index (χ2n) is 13.2. The third-order valence-corrected chi connectivity index (χ3v) is 9.82. The molecule has 0 aliphatic heterocycles. The number of carboxylic acids is 1. The van der Waals surface area contributed by atoms with Gasteiger partial charge in [-0.1, -0.05) is 18.2 Å². The van der Waals surface area contributed by atoms with Crippen LogP contribution >= 0.6 is 0 Å². The van der Waals surface area contributed by atoms with Crippen molar-refractivity contribution in [3.05, 3.63) is 60.3 Å². The third kappa shape index (κ3) is 7.11. The van der Waals surface area contributed by atoms with Gasteiger partial charge in [-0.25, -0.2) is 9.97 Å². The number of pyridine rings is 1. The van der Waals surface area contributed by atoms with Crippen molar-refractivity contribution in [3.8, 4) is 11.3 Å². The minimum absolute atomic E-state index is 0.0696. The molecule has 228 valence electrons. The van der Waals surface area contributed by atoms with Crippen LogP contribution < -0.4 is 9.80 Å². The third-order valence-electron chi connectivity index (χ3n) is 9.82. The minimum atomic E-state index is -0.744. The van der Waals surface area contributed by atoms with Gasteiger partial charge in [-0.3, -0.25) is 9.59 Å². The van der Waals surface area contributed by atoms with Crippen LogP contribution in [-0.2, 0) is 9.59 Å². The molecule has 0 unspecified atom stereocenters. The number of carbonyl (C=O) groups excluding carboxylic acids is 1. The molecule has 1 N–H and O–H groups in total. The van der Waals surface area contributed by atoms with E-state index in [-0.39, 0.29) is 24.2 Å². The zero-order valence-electron chi connectivity index (χ0n) is 25.5. The number of carboxylic acid groups (broad SMARTS) is 1. The van der Waals surface area contributed by atoms with Gasteiger partial charge in [-0.2, -0.15) is 0 Å². The standard InChI is InChI=1S/C35H44N4O4/c1-38(2)32-17-16-29(20-36-32)25-10-8-24(9-11-25)21-39(35(42)27-12-6-23(7-13-27)18-33(40)41)30-5-3-4-28(19-30)31-22-43-34(37-31)26-14-15-26/h3-5,16-17,19-20,22-27H,6-15,18,21H2,1-2H3,(H,40,41)/t23-,24-,25-,27-. The van der Waals surface area contributed by atoms with Crippen molar-refractivity contribution >= 4 is 23.4 Å². The summed E-state index contributed by atoms with van der Waals surface area (Å²) in [6.07, 6.45) is 13.7. The van der Waals surface area contributed by atoms with Crippen molar-refractivity contribution < 1.29 is 19.1 Å². The molecule has 1 amide bonds. The van der Waals surface area contributed by atoms with Crippen molar-refractivity contribution in [2.75, 3.05) is 30.4 Å². The lowest BCUT2D eigenvalue weighted by Gasteiger charge is -2.36. The van der Waals surface area contributed by atoms with Gasteiger partial charge in [0, 0.05) is 56.3 Å². The highest BCUT2D eigenvalue weighted by molar-refractivity contribution is 5.95. The second kappa shape index (κ2) is 12.9. The molecule has 3 aromatic rings. The first kappa shape index (κ1) is 29.4. The number of aliphatic carboxylic acids is 1. The van der Waals surface area contributed by atoms with Gasteiger partial charge in [-0.15, -0.1) is 0 Å². The van der Waals surface area contributed by atoms with E-state index < -0.39 is 5.97 Å². The second-order valence-corrected chi connectivity index (χ2v) is 13.2. The molecule has 0 saturated heterocycles. The van der Waals surface area contributed by atoms with Crippen LogP contribution in [0.2, 0.25) is 0 Å². The van der Waals surface area contributed by atoms with Gasteiger partial charge >= 0.3 is 5.97 Å². The Kier molecular flexibility index (Phi) is 8.82. The molecular weight excluding hydrogens is 540 g/mol. The number of hydrogen-bond acceptors (Lipinski definition) is 6. The SMILES string of the molecule is CN(C)c1ccc([C@H]2CC[C@H](CN(c3cccc(-c4coc(C5CC5)n4)c3)C(=O)[C@H]3CC[C@H](CC(=O)O)CC3)CC2)cn1. The quantitative estimate of drug-likeness (QED) is 0.268. The zero-order valence-corrected chi connectivity index (χ0v) is 25.5. The zero-order chi connectivity index (χ0) is 29.9. The number of aromatic nitrogens is 2. The maximum atomic E-state index is 14.2. The van der Waals surface area contributed by atoms with Crippen LogP contribution in [0.15, 0.2) is 53.3 Å². The first-order valence-electron chi connectivity index (χ1n) is 16.1. The molecule has 0 radical (unpaired) electrons. The molecule has 1 aromatic carbocycles. The maximum absolute atomic E-state index is 14.2. The average Bonchev–Trinajstić information content (AvgIpc) is 3.76. The number of nitrogens with zero attached hydrogens (tertiary/aromatic N) is 4. The van der Waals surface area contributed by atoms with E-state index in [1.54, 1.807) is 6.26 Å². The Morgan fingerprint density at radius 2 is 1.63 bits per heavy atom. The Bertz CT molecular complexity index is 1400. The Labute approximate surface area is 254 Å². The van der Waals surface area contributed by atoms with Gasteiger partial charge in [0.15, 0.2) is 5.89 Å². The van der Waals surface area contributed by atoms with Crippen LogP contribution in [0.3, 0.4) is 0 Å². The summed E-state index contributed by atoms with van der Waals surface area (Å²) in [5.74, 6) is 2.70. The van der Waals surface area contributed by atoms with Gasteiger partial charge in [0.05, 0.1) is 0 Å². The summed E-state index contributed by atoms with van der Waals surface area (Å²) < 4.78 is 5.77. The number of hydrogen-bond donors (Lipinski definition) is 1. The molecule has 3 aliphatic carbocycles. The van der Waals surface area contributed by atoms with E-state index in [1.807, 2.05) is 48.3 Å². The summed E-state index contributed by atoms with van der Waals surface area (Å²) in [5, 5.41) is 9.25. The van der Waals surface area contributed by atoms with E-state index in [2.05, 4.69) is 23.2 Å². The molecule has 0 spiro atoms. The molecule has 8 nitrogen and oxygen atoms in total. The van der Waals surface area contributed by atoms with Gasteiger partial charge in [0.2, 0.25) is 5.91 Å². The highest BCUT2D eigenvalue weighted by atomic mass is 16.4. The predicted octanol–water partition coefficient (Wildman–Crippen LogP) is 7.27. The van der Waals surface area contributed by atoms with E-state index in [1.165, 1.54) is 5.56 Å². The van der Waals surface area contributed by atoms with Gasteiger partial charge in [-0.05, 0) is 106 Å². The van der Waals surface area contributed by atoms with Crippen LogP contribution in [0.4, 0.5) is 11.5 Å². The van der Waals surface area contributed by atoms with Crippen LogP contribution in [0.25, 0.3) is 11.3 Å². The lowest BCUT2D eigenvalue weighted by atomic mass is 9.78. The molecule has 3 fully saturated rings. The van der Waals surface area contributed by atoms with E-state index in [4.69, 9.17) is 9.40 Å². The molecule has 2 heterocycles. The maximum Gasteiger partial charge on any atom is 0.303 e. The van der Waals surface area contributed by atoms with E-state index in [0.717, 1.165) is 92.9 Å². The molecule has 8 heteroatoms. The summed E-state index contributed by atoms with van der Waals surface area (Å²) in [7, 11) is 4.02. The summed E-state index contributed by atoms with van der Waals surface area (Å²) in [5.41, 5.74) is 4.01. The molecular formula is C35H44N4O4. The van der Waals surface area contributed by atoms with Crippen molar-refractivity contribution in [1.82, 2.24) is 9.97 Å². The lowest BCUT2D eigenvalue weighted by molar-refractivity contribution is -0.138. The van der Waals surface area contributed by atoms with E-state index >= 15 is 0 Å². The Morgan fingerprint density at radius 1 is 0.907 bits per heavy atom. The van der Waals surface area contributed by atoms with E-state index in [0.29, 0.717) is 24.3 Å². The fraction of sp³-hybridized carbons (Fsp3) is 0.543. The molecule has 43 heavy (non-hydrogen) atoms. The number of carbonyl (C=O) groups is 2. The highest BCUT2D eigenvalue weighted by Crippen LogP contribution is 2.41. The first-order valence-corrected chi connectivity index (χ1v) is 16.1. The number of rotatable bonds is 10. The highest BCUT2D eigenvalue weighted by Gasteiger charge is 2.34. The molecule has 2 aromatic heterocycles. The summed E-state index contributed by atoms with van der Waals surface area (Å²) in [4.78, 5) is 38.9. The molecule has 0 atom stereocenters.